The minimum absolute atomic E-state index is 0.0877. The highest BCUT2D eigenvalue weighted by Crippen LogP contribution is 2.36. The van der Waals surface area contributed by atoms with Crippen molar-refractivity contribution in [1.82, 2.24) is 10.2 Å². The van der Waals surface area contributed by atoms with E-state index in [0.717, 1.165) is 17.2 Å². The molecule has 0 amide bonds. The van der Waals surface area contributed by atoms with Crippen LogP contribution in [0.5, 0.6) is 11.6 Å². The first-order chi connectivity index (χ1) is 14.9. The number of halogens is 3. The first kappa shape index (κ1) is 21.3. The van der Waals surface area contributed by atoms with Crippen molar-refractivity contribution < 1.29 is 22.6 Å². The van der Waals surface area contributed by atoms with Crippen molar-refractivity contribution in [3.8, 4) is 22.9 Å². The summed E-state index contributed by atoms with van der Waals surface area (Å²) in [5, 5.41) is 7.05. The van der Waals surface area contributed by atoms with Crippen LogP contribution in [0.4, 0.5) is 13.2 Å². The molecule has 4 rings (SSSR count). The van der Waals surface area contributed by atoms with Crippen LogP contribution in [0.15, 0.2) is 54.6 Å². The zero-order valence-electron chi connectivity index (χ0n) is 17.3. The number of hydrogen-bond donors (Lipinski definition) is 1. The average Bonchev–Trinajstić information content (AvgIpc) is 3.22. The van der Waals surface area contributed by atoms with Crippen molar-refractivity contribution in [3.63, 3.8) is 0 Å². The molecule has 0 radical (unpaired) electrons. The SMILES string of the molecule is CC1CCC(c2ccc(-c3cc(OCc4ccccc4OC(F)(F)F)n[nH]3)cc2)CC1. The molecule has 1 aliphatic carbocycles. The third-order valence-electron chi connectivity index (χ3n) is 5.84. The Morgan fingerprint density at radius 1 is 1.00 bits per heavy atom. The van der Waals surface area contributed by atoms with Gasteiger partial charge in [0.15, 0.2) is 0 Å². The smallest absolute Gasteiger partial charge is 0.472 e. The molecule has 3 aromatic rings. The molecule has 0 bridgehead atoms. The molecule has 1 N–H and O–H groups in total. The number of nitrogens with zero attached hydrogens (tertiary/aromatic N) is 1. The molecule has 7 heteroatoms. The predicted octanol–water partition coefficient (Wildman–Crippen LogP) is 6.85. The zero-order valence-corrected chi connectivity index (χ0v) is 17.3. The number of benzene rings is 2. The van der Waals surface area contributed by atoms with Crippen LogP contribution in [0, 0.1) is 5.92 Å². The highest BCUT2D eigenvalue weighted by Gasteiger charge is 2.32. The fourth-order valence-corrected chi connectivity index (χ4v) is 4.05. The van der Waals surface area contributed by atoms with E-state index in [2.05, 4.69) is 46.1 Å². The van der Waals surface area contributed by atoms with Gasteiger partial charge in [0.05, 0.1) is 5.69 Å². The fraction of sp³-hybridized carbons (Fsp3) is 0.375. The maximum atomic E-state index is 12.6. The van der Waals surface area contributed by atoms with Gasteiger partial charge < -0.3 is 9.47 Å². The van der Waals surface area contributed by atoms with Gasteiger partial charge in [-0.2, -0.15) is 0 Å². The molecule has 1 aliphatic rings. The molecule has 164 valence electrons. The fourth-order valence-electron chi connectivity index (χ4n) is 4.05. The van der Waals surface area contributed by atoms with E-state index in [1.807, 2.05) is 0 Å². The number of hydrogen-bond acceptors (Lipinski definition) is 3. The van der Waals surface area contributed by atoms with E-state index in [4.69, 9.17) is 4.74 Å². The summed E-state index contributed by atoms with van der Waals surface area (Å²) in [4.78, 5) is 0. The van der Waals surface area contributed by atoms with E-state index < -0.39 is 6.36 Å². The quantitative estimate of drug-likeness (QED) is 0.465. The second-order valence-corrected chi connectivity index (χ2v) is 8.14. The molecule has 0 unspecified atom stereocenters. The first-order valence-electron chi connectivity index (χ1n) is 10.5. The number of alkyl halides is 3. The molecule has 31 heavy (non-hydrogen) atoms. The second-order valence-electron chi connectivity index (χ2n) is 8.14. The average molecular weight is 430 g/mol. The topological polar surface area (TPSA) is 47.1 Å². The Hall–Kier alpha value is -2.96. The Balaban J connectivity index is 1.39. The van der Waals surface area contributed by atoms with E-state index in [9.17, 15) is 13.2 Å². The lowest BCUT2D eigenvalue weighted by Crippen LogP contribution is -2.18. The molecule has 2 aromatic carbocycles. The number of nitrogens with one attached hydrogen (secondary N) is 1. The summed E-state index contributed by atoms with van der Waals surface area (Å²) in [6.45, 7) is 2.23. The number of para-hydroxylation sites is 1. The minimum Gasteiger partial charge on any atom is -0.472 e. The van der Waals surface area contributed by atoms with Crippen LogP contribution in [0.3, 0.4) is 0 Å². The Morgan fingerprint density at radius 2 is 1.71 bits per heavy atom. The summed E-state index contributed by atoms with van der Waals surface area (Å²) in [6, 6.07) is 16.1. The molecule has 0 atom stereocenters. The van der Waals surface area contributed by atoms with Crippen LogP contribution in [0.1, 0.15) is 49.7 Å². The Labute approximate surface area is 179 Å². The Morgan fingerprint density at radius 3 is 2.42 bits per heavy atom. The maximum absolute atomic E-state index is 12.6. The van der Waals surface area contributed by atoms with Crippen molar-refractivity contribution in [2.45, 2.75) is 51.5 Å². The van der Waals surface area contributed by atoms with Crippen LogP contribution >= 0.6 is 0 Å². The van der Waals surface area contributed by atoms with Crippen molar-refractivity contribution in [1.29, 1.82) is 0 Å². The second kappa shape index (κ2) is 9.04. The highest BCUT2D eigenvalue weighted by atomic mass is 19.4. The van der Waals surface area contributed by atoms with Gasteiger partial charge in [0.2, 0.25) is 5.88 Å². The van der Waals surface area contributed by atoms with Gasteiger partial charge in [-0.1, -0.05) is 62.2 Å². The standard InChI is InChI=1S/C24H25F3N2O2/c1-16-6-8-17(9-7-16)18-10-12-19(13-11-18)21-14-23(29-28-21)30-15-20-4-2-3-5-22(20)31-24(25,26)27/h2-5,10-14,16-17H,6-9,15H2,1H3,(H,28,29). The predicted molar refractivity (Wildman–Crippen MR) is 112 cm³/mol. The molecule has 1 saturated carbocycles. The molecular weight excluding hydrogens is 405 g/mol. The van der Waals surface area contributed by atoms with E-state index in [-0.39, 0.29) is 17.9 Å². The normalized spacial score (nSPS) is 19.2. The van der Waals surface area contributed by atoms with Crippen LogP contribution in [0.25, 0.3) is 11.3 Å². The minimum atomic E-state index is -4.75. The van der Waals surface area contributed by atoms with Crippen LogP contribution in [-0.4, -0.2) is 16.6 Å². The lowest BCUT2D eigenvalue weighted by atomic mass is 9.79. The molecule has 1 heterocycles. The van der Waals surface area contributed by atoms with Crippen LogP contribution in [0.2, 0.25) is 0 Å². The number of ether oxygens (including phenoxy) is 2. The molecular formula is C24H25F3N2O2. The first-order valence-corrected chi connectivity index (χ1v) is 10.5. The summed E-state index contributed by atoms with van der Waals surface area (Å²) < 4.78 is 47.3. The van der Waals surface area contributed by atoms with Crippen molar-refractivity contribution in [2.24, 2.45) is 5.92 Å². The van der Waals surface area contributed by atoms with Crippen molar-refractivity contribution in [2.75, 3.05) is 0 Å². The summed E-state index contributed by atoms with van der Waals surface area (Å²) in [7, 11) is 0. The van der Waals surface area contributed by atoms with Crippen molar-refractivity contribution in [3.05, 3.63) is 65.7 Å². The zero-order chi connectivity index (χ0) is 21.8. The van der Waals surface area contributed by atoms with E-state index in [0.29, 0.717) is 11.8 Å². The highest BCUT2D eigenvalue weighted by molar-refractivity contribution is 5.60. The van der Waals surface area contributed by atoms with Crippen LogP contribution in [-0.2, 0) is 6.61 Å². The van der Waals surface area contributed by atoms with Gasteiger partial charge in [-0.3, -0.25) is 5.10 Å². The third kappa shape index (κ3) is 5.60. The molecule has 1 fully saturated rings. The maximum Gasteiger partial charge on any atom is 0.573 e. The van der Waals surface area contributed by atoms with Gasteiger partial charge in [0, 0.05) is 11.6 Å². The lowest BCUT2D eigenvalue weighted by Gasteiger charge is -2.26. The summed E-state index contributed by atoms with van der Waals surface area (Å²) in [6.07, 6.45) is 0.289. The van der Waals surface area contributed by atoms with Gasteiger partial charge in [0.25, 0.3) is 0 Å². The monoisotopic (exact) mass is 430 g/mol. The molecule has 1 aromatic heterocycles. The van der Waals surface area contributed by atoms with E-state index in [1.54, 1.807) is 12.1 Å². The number of aromatic amines is 1. The number of rotatable bonds is 6. The summed E-state index contributed by atoms with van der Waals surface area (Å²) >= 11 is 0. The molecule has 0 spiro atoms. The van der Waals surface area contributed by atoms with Crippen molar-refractivity contribution >= 4 is 0 Å². The van der Waals surface area contributed by atoms with E-state index in [1.165, 1.54) is 49.4 Å². The lowest BCUT2D eigenvalue weighted by molar-refractivity contribution is -0.275. The summed E-state index contributed by atoms with van der Waals surface area (Å²) in [5.74, 6) is 1.48. The Bertz CT molecular complexity index is 991. The molecule has 0 saturated heterocycles. The molecule has 0 aliphatic heterocycles. The third-order valence-corrected chi connectivity index (χ3v) is 5.84. The van der Waals surface area contributed by atoms with Gasteiger partial charge >= 0.3 is 6.36 Å². The van der Waals surface area contributed by atoms with Gasteiger partial charge in [-0.15, -0.1) is 18.3 Å². The largest absolute Gasteiger partial charge is 0.573 e. The van der Waals surface area contributed by atoms with Crippen LogP contribution < -0.4 is 9.47 Å². The van der Waals surface area contributed by atoms with Gasteiger partial charge in [0.1, 0.15) is 12.4 Å². The van der Waals surface area contributed by atoms with Gasteiger partial charge in [-0.25, -0.2) is 0 Å². The summed E-state index contributed by atoms with van der Waals surface area (Å²) in [5.41, 5.74) is 3.43. The van der Waals surface area contributed by atoms with E-state index >= 15 is 0 Å². The number of aromatic nitrogens is 2. The van der Waals surface area contributed by atoms with Gasteiger partial charge in [-0.05, 0) is 41.9 Å². The Kier molecular flexibility index (Phi) is 6.20. The molecule has 4 nitrogen and oxygen atoms in total. The number of H-pyrrole nitrogens is 1.